The first-order valence-electron chi connectivity index (χ1n) is 8.06. The van der Waals surface area contributed by atoms with E-state index in [1.54, 1.807) is 18.0 Å². The summed E-state index contributed by atoms with van der Waals surface area (Å²) in [7, 11) is 0. The summed E-state index contributed by atoms with van der Waals surface area (Å²) in [5.74, 6) is 1.73. The van der Waals surface area contributed by atoms with Gasteiger partial charge in [0.1, 0.15) is 5.75 Å². The van der Waals surface area contributed by atoms with Gasteiger partial charge in [-0.3, -0.25) is 0 Å². The molecule has 24 heavy (non-hydrogen) atoms. The maximum atomic E-state index is 9.58. The number of para-hydroxylation sites is 1. The number of likely N-dealkylation sites (tertiary alicyclic amines) is 1. The van der Waals surface area contributed by atoms with E-state index < -0.39 is 0 Å². The van der Waals surface area contributed by atoms with E-state index in [9.17, 15) is 5.21 Å². The van der Waals surface area contributed by atoms with E-state index in [-0.39, 0.29) is 0 Å². The Bertz CT molecular complexity index is 715. The van der Waals surface area contributed by atoms with Crippen molar-refractivity contribution in [3.8, 4) is 11.6 Å². The highest BCUT2D eigenvalue weighted by molar-refractivity contribution is 7.98. The van der Waals surface area contributed by atoms with Crippen molar-refractivity contribution in [3.05, 3.63) is 48.2 Å². The number of hydrogen-bond acceptors (Lipinski definition) is 5. The summed E-state index contributed by atoms with van der Waals surface area (Å²) in [6.07, 6.45) is 7.11. The Morgan fingerprint density at radius 1 is 1.17 bits per heavy atom. The van der Waals surface area contributed by atoms with Crippen LogP contribution >= 0.6 is 11.8 Å². The molecule has 2 heterocycles. The van der Waals surface area contributed by atoms with Crippen molar-refractivity contribution >= 4 is 17.6 Å². The molecule has 3 rings (SSSR count). The Balaban J connectivity index is 1.92. The van der Waals surface area contributed by atoms with Crippen molar-refractivity contribution in [2.45, 2.75) is 24.2 Å². The van der Waals surface area contributed by atoms with Crippen LogP contribution in [0.15, 0.2) is 52.6 Å². The number of thioether (sulfide) groups is 1. The maximum Gasteiger partial charge on any atom is 0.230 e. The first kappa shape index (κ1) is 16.6. The molecular formula is C18H21N3O2S. The molecule has 0 atom stereocenters. The summed E-state index contributed by atoms with van der Waals surface area (Å²) in [5, 5.41) is 13.1. The number of aromatic nitrogens is 1. The monoisotopic (exact) mass is 343 g/mol. The molecule has 0 spiro atoms. The Kier molecular flexibility index (Phi) is 5.59. The second kappa shape index (κ2) is 8.06. The van der Waals surface area contributed by atoms with Crippen molar-refractivity contribution in [2.24, 2.45) is 5.16 Å². The van der Waals surface area contributed by atoms with Gasteiger partial charge in [0.15, 0.2) is 5.84 Å². The zero-order chi connectivity index (χ0) is 16.8. The van der Waals surface area contributed by atoms with Crippen LogP contribution in [-0.2, 0) is 0 Å². The fourth-order valence-electron chi connectivity index (χ4n) is 2.84. The standard InChI is InChI=1S/C18H21N3O2S/c1-24-16-10-4-3-9-15(16)23-18-14(8-7-11-19-18)17(20-22)21-12-5-2-6-13-21/h3-4,7-11,22H,2,5-6,12-13H2,1H3/b20-17-. The van der Waals surface area contributed by atoms with Crippen LogP contribution in [0.1, 0.15) is 24.8 Å². The average Bonchev–Trinajstić information content (AvgIpc) is 2.65. The summed E-state index contributed by atoms with van der Waals surface area (Å²) in [4.78, 5) is 7.49. The van der Waals surface area contributed by atoms with Crippen LogP contribution in [0.2, 0.25) is 0 Å². The van der Waals surface area contributed by atoms with Gasteiger partial charge in [-0.2, -0.15) is 0 Å². The zero-order valence-corrected chi connectivity index (χ0v) is 14.5. The Morgan fingerprint density at radius 3 is 2.71 bits per heavy atom. The van der Waals surface area contributed by atoms with Gasteiger partial charge in [0, 0.05) is 24.2 Å². The summed E-state index contributed by atoms with van der Waals surface area (Å²) >= 11 is 1.62. The molecular weight excluding hydrogens is 322 g/mol. The lowest BCUT2D eigenvalue weighted by molar-refractivity contribution is 0.285. The van der Waals surface area contributed by atoms with Crippen molar-refractivity contribution in [1.29, 1.82) is 0 Å². The molecule has 0 unspecified atom stereocenters. The fraction of sp³-hybridized carbons (Fsp3) is 0.333. The van der Waals surface area contributed by atoms with Gasteiger partial charge >= 0.3 is 0 Å². The summed E-state index contributed by atoms with van der Waals surface area (Å²) < 4.78 is 6.05. The Morgan fingerprint density at radius 2 is 1.96 bits per heavy atom. The lowest BCUT2D eigenvalue weighted by Crippen LogP contribution is -2.36. The van der Waals surface area contributed by atoms with Gasteiger partial charge in [0.05, 0.1) is 5.56 Å². The topological polar surface area (TPSA) is 58.0 Å². The summed E-state index contributed by atoms with van der Waals surface area (Å²) in [6, 6.07) is 11.6. The van der Waals surface area contributed by atoms with E-state index in [4.69, 9.17) is 4.74 Å². The molecule has 0 saturated carbocycles. The number of piperidine rings is 1. The first-order valence-corrected chi connectivity index (χ1v) is 9.29. The van der Waals surface area contributed by atoms with Gasteiger partial charge in [-0.15, -0.1) is 11.8 Å². The van der Waals surface area contributed by atoms with Gasteiger partial charge in [0.2, 0.25) is 5.88 Å². The SMILES string of the molecule is CSc1ccccc1Oc1ncccc1/C(=N/O)N1CCCCC1. The number of oxime groups is 1. The van der Waals surface area contributed by atoms with Crippen LogP contribution in [0.4, 0.5) is 0 Å². The van der Waals surface area contributed by atoms with E-state index in [0.29, 0.717) is 17.3 Å². The summed E-state index contributed by atoms with van der Waals surface area (Å²) in [6.45, 7) is 1.77. The van der Waals surface area contributed by atoms with Crippen molar-refractivity contribution < 1.29 is 9.94 Å². The van der Waals surface area contributed by atoms with Gasteiger partial charge in [-0.05, 0) is 49.8 Å². The molecule has 5 nitrogen and oxygen atoms in total. The largest absolute Gasteiger partial charge is 0.437 e. The molecule has 6 heteroatoms. The highest BCUT2D eigenvalue weighted by Gasteiger charge is 2.21. The number of rotatable bonds is 4. The lowest BCUT2D eigenvalue weighted by Gasteiger charge is -2.29. The second-order valence-electron chi connectivity index (χ2n) is 5.58. The van der Waals surface area contributed by atoms with Crippen LogP contribution in [0.3, 0.4) is 0 Å². The third kappa shape index (κ3) is 3.64. The molecule has 1 aromatic heterocycles. The van der Waals surface area contributed by atoms with Gasteiger partial charge in [0.25, 0.3) is 0 Å². The number of nitrogens with zero attached hydrogens (tertiary/aromatic N) is 3. The molecule has 1 aromatic carbocycles. The maximum absolute atomic E-state index is 9.58. The zero-order valence-electron chi connectivity index (χ0n) is 13.7. The number of amidine groups is 1. The van der Waals surface area contributed by atoms with Crippen molar-refractivity contribution in [2.75, 3.05) is 19.3 Å². The molecule has 1 saturated heterocycles. The predicted molar refractivity (Wildman–Crippen MR) is 96.3 cm³/mol. The number of ether oxygens (including phenoxy) is 1. The van der Waals surface area contributed by atoms with Gasteiger partial charge in [-0.25, -0.2) is 4.98 Å². The minimum absolute atomic E-state index is 0.456. The number of benzene rings is 1. The Hall–Kier alpha value is -2.21. The van der Waals surface area contributed by atoms with E-state index in [1.165, 1.54) is 6.42 Å². The average molecular weight is 343 g/mol. The van der Waals surface area contributed by atoms with E-state index in [1.807, 2.05) is 42.7 Å². The van der Waals surface area contributed by atoms with Crippen LogP contribution < -0.4 is 4.74 Å². The quantitative estimate of drug-likeness (QED) is 0.296. The van der Waals surface area contributed by atoms with Crippen LogP contribution in [0.25, 0.3) is 0 Å². The molecule has 1 N–H and O–H groups in total. The van der Waals surface area contributed by atoms with E-state index in [2.05, 4.69) is 15.0 Å². The minimum atomic E-state index is 0.456. The molecule has 1 aliphatic rings. The van der Waals surface area contributed by atoms with E-state index >= 15 is 0 Å². The first-order chi connectivity index (χ1) is 11.8. The molecule has 0 radical (unpaired) electrons. The molecule has 0 bridgehead atoms. The Labute approximate surface area is 146 Å². The predicted octanol–water partition coefficient (Wildman–Crippen LogP) is 4.22. The highest BCUT2D eigenvalue weighted by Crippen LogP contribution is 2.32. The highest BCUT2D eigenvalue weighted by atomic mass is 32.2. The lowest BCUT2D eigenvalue weighted by atomic mass is 10.1. The van der Waals surface area contributed by atoms with Gasteiger partial charge in [-0.1, -0.05) is 17.3 Å². The van der Waals surface area contributed by atoms with Crippen LogP contribution in [0.5, 0.6) is 11.6 Å². The molecule has 0 amide bonds. The normalized spacial score (nSPS) is 15.4. The van der Waals surface area contributed by atoms with Gasteiger partial charge < -0.3 is 14.8 Å². The minimum Gasteiger partial charge on any atom is -0.437 e. The van der Waals surface area contributed by atoms with E-state index in [0.717, 1.165) is 36.6 Å². The van der Waals surface area contributed by atoms with Crippen LogP contribution in [-0.4, -0.2) is 40.3 Å². The second-order valence-corrected chi connectivity index (χ2v) is 6.43. The molecule has 1 aliphatic heterocycles. The molecule has 2 aromatic rings. The summed E-state index contributed by atoms with van der Waals surface area (Å²) in [5.41, 5.74) is 0.706. The van der Waals surface area contributed by atoms with Crippen LogP contribution in [0, 0.1) is 0 Å². The van der Waals surface area contributed by atoms with Crippen molar-refractivity contribution in [1.82, 2.24) is 9.88 Å². The molecule has 126 valence electrons. The third-order valence-electron chi connectivity index (χ3n) is 4.04. The third-order valence-corrected chi connectivity index (χ3v) is 4.82. The number of hydrogen-bond donors (Lipinski definition) is 1. The molecule has 0 aliphatic carbocycles. The number of pyridine rings is 1. The molecule has 1 fully saturated rings. The smallest absolute Gasteiger partial charge is 0.230 e. The van der Waals surface area contributed by atoms with Crippen molar-refractivity contribution in [3.63, 3.8) is 0 Å². The fourth-order valence-corrected chi connectivity index (χ4v) is 3.37.